The van der Waals surface area contributed by atoms with Gasteiger partial charge in [-0.05, 0) is 44.1 Å². The lowest BCUT2D eigenvalue weighted by atomic mass is 9.94. The van der Waals surface area contributed by atoms with Crippen LogP contribution >= 0.6 is 0 Å². The summed E-state index contributed by atoms with van der Waals surface area (Å²) < 4.78 is 0. The van der Waals surface area contributed by atoms with E-state index in [2.05, 4.69) is 56.4 Å². The molecule has 1 N–H and O–H groups in total. The van der Waals surface area contributed by atoms with E-state index in [1.165, 1.54) is 18.4 Å². The van der Waals surface area contributed by atoms with Crippen LogP contribution in [0.15, 0.2) is 30.3 Å². The maximum absolute atomic E-state index is 3.74. The van der Waals surface area contributed by atoms with E-state index in [1.54, 1.807) is 0 Å². The normalized spacial score (nSPS) is 21.4. The maximum atomic E-state index is 3.74. The van der Waals surface area contributed by atoms with Gasteiger partial charge in [-0.25, -0.2) is 0 Å². The summed E-state index contributed by atoms with van der Waals surface area (Å²) >= 11 is 0. The van der Waals surface area contributed by atoms with Gasteiger partial charge in [-0.3, -0.25) is 0 Å². The zero-order valence-corrected chi connectivity index (χ0v) is 10.6. The van der Waals surface area contributed by atoms with Crippen molar-refractivity contribution in [2.45, 2.75) is 51.6 Å². The van der Waals surface area contributed by atoms with Crippen LogP contribution in [0.4, 0.5) is 0 Å². The molecule has 1 nitrogen and oxygen atoms in total. The first-order valence-corrected chi connectivity index (χ1v) is 6.49. The number of hydrogen-bond acceptors (Lipinski definition) is 1. The van der Waals surface area contributed by atoms with E-state index in [9.17, 15) is 0 Å². The third-order valence-corrected chi connectivity index (χ3v) is 3.93. The zero-order valence-electron chi connectivity index (χ0n) is 10.6. The molecule has 0 aliphatic heterocycles. The van der Waals surface area contributed by atoms with Gasteiger partial charge in [0.25, 0.3) is 0 Å². The van der Waals surface area contributed by atoms with E-state index < -0.39 is 0 Å². The molecular weight excluding hydrogens is 194 g/mol. The molecule has 1 aromatic rings. The molecule has 1 aliphatic rings. The van der Waals surface area contributed by atoms with E-state index in [-0.39, 0.29) is 0 Å². The van der Waals surface area contributed by atoms with Gasteiger partial charge in [0.05, 0.1) is 0 Å². The molecule has 0 aromatic heterocycles. The van der Waals surface area contributed by atoms with Gasteiger partial charge in [-0.15, -0.1) is 0 Å². The first-order valence-electron chi connectivity index (χ1n) is 6.49. The van der Waals surface area contributed by atoms with Crippen LogP contribution in [0.5, 0.6) is 0 Å². The molecule has 1 fully saturated rings. The standard InChI is InChI=1S/C15H23N/c1-11(14-7-5-4-6-8-14)12(2)16-13(3)15-9-10-15/h4-8,11-13,15-16H,9-10H2,1-3H3. The Hall–Kier alpha value is -0.820. The molecule has 0 amide bonds. The highest BCUT2D eigenvalue weighted by Gasteiger charge is 2.29. The molecule has 0 bridgehead atoms. The van der Waals surface area contributed by atoms with Crippen molar-refractivity contribution >= 4 is 0 Å². The van der Waals surface area contributed by atoms with E-state index >= 15 is 0 Å². The number of benzene rings is 1. The lowest BCUT2D eigenvalue weighted by Crippen LogP contribution is -2.38. The lowest BCUT2D eigenvalue weighted by Gasteiger charge is -2.25. The Bertz CT molecular complexity index is 315. The van der Waals surface area contributed by atoms with Gasteiger partial charge in [-0.1, -0.05) is 37.3 Å². The number of hydrogen-bond donors (Lipinski definition) is 1. The van der Waals surface area contributed by atoms with Gasteiger partial charge in [0.15, 0.2) is 0 Å². The Morgan fingerprint density at radius 2 is 1.69 bits per heavy atom. The van der Waals surface area contributed by atoms with Crippen molar-refractivity contribution in [1.82, 2.24) is 5.32 Å². The molecule has 3 unspecified atom stereocenters. The average molecular weight is 217 g/mol. The minimum absolute atomic E-state index is 0.554. The summed E-state index contributed by atoms with van der Waals surface area (Å²) in [6.07, 6.45) is 2.83. The van der Waals surface area contributed by atoms with Crippen LogP contribution in [0.3, 0.4) is 0 Å². The van der Waals surface area contributed by atoms with Crippen LogP contribution in [0, 0.1) is 5.92 Å². The molecule has 0 radical (unpaired) electrons. The fourth-order valence-corrected chi connectivity index (χ4v) is 2.34. The second kappa shape index (κ2) is 5.01. The van der Waals surface area contributed by atoms with Crippen molar-refractivity contribution in [3.63, 3.8) is 0 Å². The molecule has 1 aliphatic carbocycles. The largest absolute Gasteiger partial charge is 0.311 e. The minimum atomic E-state index is 0.554. The van der Waals surface area contributed by atoms with Crippen molar-refractivity contribution in [2.24, 2.45) is 5.92 Å². The summed E-state index contributed by atoms with van der Waals surface area (Å²) in [6, 6.07) is 12.0. The van der Waals surface area contributed by atoms with Crippen LogP contribution in [-0.2, 0) is 0 Å². The summed E-state index contributed by atoms with van der Waals surface area (Å²) in [4.78, 5) is 0. The first-order chi connectivity index (χ1) is 7.68. The van der Waals surface area contributed by atoms with Crippen LogP contribution in [0.2, 0.25) is 0 Å². The molecule has 3 atom stereocenters. The Morgan fingerprint density at radius 1 is 1.06 bits per heavy atom. The first kappa shape index (κ1) is 11.7. The highest BCUT2D eigenvalue weighted by atomic mass is 15.0. The Balaban J connectivity index is 1.90. The molecule has 88 valence electrons. The molecule has 1 saturated carbocycles. The van der Waals surface area contributed by atoms with E-state index in [0.717, 1.165) is 5.92 Å². The van der Waals surface area contributed by atoms with Crippen LogP contribution in [0.25, 0.3) is 0 Å². The summed E-state index contributed by atoms with van der Waals surface area (Å²) in [6.45, 7) is 6.94. The Morgan fingerprint density at radius 3 is 2.25 bits per heavy atom. The van der Waals surface area contributed by atoms with Crippen LogP contribution in [-0.4, -0.2) is 12.1 Å². The average Bonchev–Trinajstić information content (AvgIpc) is 3.13. The van der Waals surface area contributed by atoms with Crippen molar-refractivity contribution in [3.8, 4) is 0 Å². The monoisotopic (exact) mass is 217 g/mol. The van der Waals surface area contributed by atoms with E-state index in [1.807, 2.05) is 0 Å². The third kappa shape index (κ3) is 2.85. The topological polar surface area (TPSA) is 12.0 Å². The quantitative estimate of drug-likeness (QED) is 0.795. The second-order valence-corrected chi connectivity index (χ2v) is 5.28. The van der Waals surface area contributed by atoms with Crippen molar-refractivity contribution in [3.05, 3.63) is 35.9 Å². The summed E-state index contributed by atoms with van der Waals surface area (Å²) in [5.74, 6) is 1.52. The van der Waals surface area contributed by atoms with Crippen LogP contribution in [0.1, 0.15) is 45.1 Å². The van der Waals surface area contributed by atoms with Gasteiger partial charge in [0.2, 0.25) is 0 Å². The van der Waals surface area contributed by atoms with Gasteiger partial charge in [-0.2, -0.15) is 0 Å². The third-order valence-electron chi connectivity index (χ3n) is 3.93. The van der Waals surface area contributed by atoms with Crippen molar-refractivity contribution in [2.75, 3.05) is 0 Å². The van der Waals surface area contributed by atoms with E-state index in [4.69, 9.17) is 0 Å². The smallest absolute Gasteiger partial charge is 0.0107 e. The molecule has 1 heteroatoms. The van der Waals surface area contributed by atoms with Gasteiger partial charge < -0.3 is 5.32 Å². The van der Waals surface area contributed by atoms with Gasteiger partial charge in [0.1, 0.15) is 0 Å². The van der Waals surface area contributed by atoms with Crippen molar-refractivity contribution < 1.29 is 0 Å². The Labute approximate surface area is 99.3 Å². The predicted octanol–water partition coefficient (Wildman–Crippen LogP) is 3.57. The minimum Gasteiger partial charge on any atom is -0.311 e. The maximum Gasteiger partial charge on any atom is 0.0107 e. The summed E-state index contributed by atoms with van der Waals surface area (Å²) in [5.41, 5.74) is 1.44. The molecule has 0 heterocycles. The molecule has 0 saturated heterocycles. The number of rotatable bonds is 5. The molecule has 0 spiro atoms. The van der Waals surface area contributed by atoms with E-state index in [0.29, 0.717) is 18.0 Å². The molecule has 16 heavy (non-hydrogen) atoms. The summed E-state index contributed by atoms with van der Waals surface area (Å²) in [7, 11) is 0. The fraction of sp³-hybridized carbons (Fsp3) is 0.600. The predicted molar refractivity (Wildman–Crippen MR) is 69.6 cm³/mol. The number of nitrogens with one attached hydrogen (secondary N) is 1. The van der Waals surface area contributed by atoms with Gasteiger partial charge >= 0.3 is 0 Å². The molecule has 1 aromatic carbocycles. The second-order valence-electron chi connectivity index (χ2n) is 5.28. The summed E-state index contributed by atoms with van der Waals surface area (Å²) in [5, 5.41) is 3.74. The fourth-order valence-electron chi connectivity index (χ4n) is 2.34. The zero-order chi connectivity index (χ0) is 11.5. The van der Waals surface area contributed by atoms with Gasteiger partial charge in [0, 0.05) is 12.1 Å². The Kier molecular flexibility index (Phi) is 3.65. The SMILES string of the molecule is CC(NC(C)C(C)c1ccccc1)C1CC1. The van der Waals surface area contributed by atoms with Crippen molar-refractivity contribution in [1.29, 1.82) is 0 Å². The highest BCUT2D eigenvalue weighted by Crippen LogP contribution is 2.33. The highest BCUT2D eigenvalue weighted by molar-refractivity contribution is 5.20. The molecular formula is C15H23N. The lowest BCUT2D eigenvalue weighted by molar-refractivity contribution is 0.397. The van der Waals surface area contributed by atoms with Crippen LogP contribution < -0.4 is 5.32 Å². The molecule has 2 rings (SSSR count).